The fourth-order valence-corrected chi connectivity index (χ4v) is 2.44. The molecule has 0 unspecified atom stereocenters. The molecule has 0 spiro atoms. The molecule has 2 aromatic carbocycles. The van der Waals surface area contributed by atoms with Crippen LogP contribution in [0.1, 0.15) is 29.2 Å². The molecule has 0 aliphatic rings. The average molecular weight is 347 g/mol. The van der Waals surface area contributed by atoms with Crippen LogP contribution in [0, 0.1) is 6.92 Å². The third kappa shape index (κ3) is 5.59. The van der Waals surface area contributed by atoms with Gasteiger partial charge in [0.15, 0.2) is 0 Å². The molecule has 2 rings (SSSR count). The lowest BCUT2D eigenvalue weighted by Crippen LogP contribution is -2.34. The maximum Gasteiger partial charge on any atom is 0.312 e. The first kappa shape index (κ1) is 17.8. The summed E-state index contributed by atoms with van der Waals surface area (Å²) in [5, 5.41) is 3.12. The lowest BCUT2D eigenvalue weighted by Gasteiger charge is -2.17. The molecule has 0 saturated heterocycles. The van der Waals surface area contributed by atoms with Gasteiger partial charge in [-0.05, 0) is 30.2 Å². The van der Waals surface area contributed by atoms with Crippen molar-refractivity contribution in [3.8, 4) is 0 Å². The van der Waals surface area contributed by atoms with Gasteiger partial charge >= 0.3 is 12.0 Å². The van der Waals surface area contributed by atoms with E-state index in [4.69, 9.17) is 22.1 Å². The van der Waals surface area contributed by atoms with Gasteiger partial charge in [0.05, 0.1) is 12.5 Å². The van der Waals surface area contributed by atoms with Gasteiger partial charge in [-0.2, -0.15) is 0 Å². The number of nitrogens with one attached hydrogen (secondary N) is 1. The summed E-state index contributed by atoms with van der Waals surface area (Å²) in [6, 6.07) is 13.3. The zero-order valence-corrected chi connectivity index (χ0v) is 14.0. The normalized spacial score (nSPS) is 11.6. The standard InChI is InChI=1S/C18H19ClN2O3/c1-12-3-2-4-13(9-12)11-24-17(22)10-16(21-18(20)23)14-5-7-15(19)8-6-14/h2-9,16H,10-11H2,1H3,(H3,20,21,23)/t16-/m1/s1. The zero-order chi connectivity index (χ0) is 17.5. The Morgan fingerprint density at radius 2 is 1.92 bits per heavy atom. The number of hydrogen-bond acceptors (Lipinski definition) is 3. The SMILES string of the molecule is Cc1cccc(COC(=O)C[C@@H](NC(N)=O)c2ccc(Cl)cc2)c1. The Labute approximate surface area is 145 Å². The number of amides is 2. The summed E-state index contributed by atoms with van der Waals surface area (Å²) in [7, 11) is 0. The van der Waals surface area contributed by atoms with Crippen LogP contribution in [-0.4, -0.2) is 12.0 Å². The molecule has 0 aromatic heterocycles. The van der Waals surface area contributed by atoms with E-state index in [1.165, 1.54) is 0 Å². The number of hydrogen-bond donors (Lipinski definition) is 2. The van der Waals surface area contributed by atoms with Crippen molar-refractivity contribution in [3.63, 3.8) is 0 Å². The highest BCUT2D eigenvalue weighted by molar-refractivity contribution is 6.30. The number of rotatable bonds is 6. The van der Waals surface area contributed by atoms with Crippen molar-refractivity contribution in [2.45, 2.75) is 26.0 Å². The molecule has 2 amide bonds. The summed E-state index contributed by atoms with van der Waals surface area (Å²) in [5.74, 6) is -0.426. The van der Waals surface area contributed by atoms with E-state index in [1.54, 1.807) is 24.3 Å². The number of aryl methyl sites for hydroxylation is 1. The molecule has 3 N–H and O–H groups in total. The van der Waals surface area contributed by atoms with Crippen molar-refractivity contribution in [2.24, 2.45) is 5.73 Å². The van der Waals surface area contributed by atoms with Crippen molar-refractivity contribution in [1.82, 2.24) is 5.32 Å². The Kier molecular flexibility index (Phi) is 6.21. The molecular formula is C18H19ClN2O3. The molecule has 126 valence electrons. The fourth-order valence-electron chi connectivity index (χ4n) is 2.31. The average Bonchev–Trinajstić information content (AvgIpc) is 2.53. The number of carbonyl (C=O) groups excluding carboxylic acids is 2. The Hall–Kier alpha value is -2.53. The molecule has 24 heavy (non-hydrogen) atoms. The van der Waals surface area contributed by atoms with Gasteiger partial charge in [0, 0.05) is 5.02 Å². The molecule has 6 heteroatoms. The third-order valence-corrected chi connectivity index (χ3v) is 3.69. The van der Waals surface area contributed by atoms with Crippen LogP contribution in [0.5, 0.6) is 0 Å². The smallest absolute Gasteiger partial charge is 0.312 e. The summed E-state index contributed by atoms with van der Waals surface area (Å²) in [5.41, 5.74) is 7.92. The summed E-state index contributed by atoms with van der Waals surface area (Å²) in [6.45, 7) is 2.16. The predicted octanol–water partition coefficient (Wildman–Crippen LogP) is 3.49. The molecule has 0 heterocycles. The van der Waals surface area contributed by atoms with Gasteiger partial charge in [-0.25, -0.2) is 4.79 Å². The van der Waals surface area contributed by atoms with Gasteiger partial charge in [0.1, 0.15) is 6.61 Å². The number of ether oxygens (including phenoxy) is 1. The fraction of sp³-hybridized carbons (Fsp3) is 0.222. The first-order chi connectivity index (χ1) is 11.4. The van der Waals surface area contributed by atoms with Crippen molar-refractivity contribution in [2.75, 3.05) is 0 Å². The van der Waals surface area contributed by atoms with E-state index in [1.807, 2.05) is 31.2 Å². The lowest BCUT2D eigenvalue weighted by molar-refractivity contribution is -0.145. The van der Waals surface area contributed by atoms with Gasteiger partial charge in [-0.1, -0.05) is 53.6 Å². The minimum atomic E-state index is -0.707. The highest BCUT2D eigenvalue weighted by atomic mass is 35.5. The molecule has 1 atom stereocenters. The van der Waals surface area contributed by atoms with Crippen LogP contribution >= 0.6 is 11.6 Å². The highest BCUT2D eigenvalue weighted by Gasteiger charge is 2.18. The Bertz CT molecular complexity index is 716. The monoisotopic (exact) mass is 346 g/mol. The van der Waals surface area contributed by atoms with Crippen molar-refractivity contribution in [1.29, 1.82) is 0 Å². The molecule has 0 saturated carbocycles. The number of primary amides is 1. The maximum absolute atomic E-state index is 12.1. The summed E-state index contributed by atoms with van der Waals surface area (Å²) < 4.78 is 5.28. The van der Waals surface area contributed by atoms with E-state index in [0.29, 0.717) is 5.02 Å². The molecule has 0 aliphatic carbocycles. The molecule has 2 aromatic rings. The minimum absolute atomic E-state index is 0.0175. The van der Waals surface area contributed by atoms with Gasteiger partial charge in [0.25, 0.3) is 0 Å². The van der Waals surface area contributed by atoms with Crippen LogP contribution in [0.15, 0.2) is 48.5 Å². The summed E-state index contributed by atoms with van der Waals surface area (Å²) in [6.07, 6.45) is -0.0175. The summed E-state index contributed by atoms with van der Waals surface area (Å²) >= 11 is 5.85. The Balaban J connectivity index is 1.99. The van der Waals surface area contributed by atoms with Crippen LogP contribution in [0.3, 0.4) is 0 Å². The lowest BCUT2D eigenvalue weighted by atomic mass is 10.0. The quantitative estimate of drug-likeness (QED) is 0.785. The number of benzene rings is 2. The predicted molar refractivity (Wildman–Crippen MR) is 92.5 cm³/mol. The molecule has 0 bridgehead atoms. The number of carbonyl (C=O) groups is 2. The first-order valence-electron chi connectivity index (χ1n) is 7.46. The van der Waals surface area contributed by atoms with Gasteiger partial charge in [-0.3, -0.25) is 4.79 Å². The van der Waals surface area contributed by atoms with Crippen LogP contribution in [0.25, 0.3) is 0 Å². The first-order valence-corrected chi connectivity index (χ1v) is 7.84. The topological polar surface area (TPSA) is 81.4 Å². The minimum Gasteiger partial charge on any atom is -0.461 e. The van der Waals surface area contributed by atoms with E-state index in [0.717, 1.165) is 16.7 Å². The van der Waals surface area contributed by atoms with Crippen molar-refractivity contribution in [3.05, 3.63) is 70.2 Å². The van der Waals surface area contributed by atoms with E-state index in [-0.39, 0.29) is 13.0 Å². The van der Waals surface area contributed by atoms with E-state index in [2.05, 4.69) is 5.32 Å². The van der Waals surface area contributed by atoms with Crippen LogP contribution in [0.2, 0.25) is 5.02 Å². The second-order valence-corrected chi connectivity index (χ2v) is 5.90. The van der Waals surface area contributed by atoms with E-state index >= 15 is 0 Å². The number of urea groups is 1. The Morgan fingerprint density at radius 3 is 2.54 bits per heavy atom. The summed E-state index contributed by atoms with van der Waals surface area (Å²) in [4.78, 5) is 23.3. The second kappa shape index (κ2) is 8.36. The van der Waals surface area contributed by atoms with Gasteiger partial charge in [0.2, 0.25) is 0 Å². The zero-order valence-electron chi connectivity index (χ0n) is 13.3. The van der Waals surface area contributed by atoms with Crippen molar-refractivity contribution >= 4 is 23.6 Å². The molecule has 0 fully saturated rings. The highest BCUT2D eigenvalue weighted by Crippen LogP contribution is 2.20. The van der Waals surface area contributed by atoms with Crippen LogP contribution in [-0.2, 0) is 16.1 Å². The molecule has 0 radical (unpaired) electrons. The third-order valence-electron chi connectivity index (χ3n) is 3.44. The number of halogens is 1. The maximum atomic E-state index is 12.1. The van der Waals surface area contributed by atoms with Crippen LogP contribution < -0.4 is 11.1 Å². The largest absolute Gasteiger partial charge is 0.461 e. The molecule has 5 nitrogen and oxygen atoms in total. The van der Waals surface area contributed by atoms with Crippen LogP contribution in [0.4, 0.5) is 4.79 Å². The van der Waals surface area contributed by atoms with E-state index < -0.39 is 18.0 Å². The van der Waals surface area contributed by atoms with Crippen molar-refractivity contribution < 1.29 is 14.3 Å². The molecule has 0 aliphatic heterocycles. The number of nitrogens with two attached hydrogens (primary N) is 1. The van der Waals surface area contributed by atoms with E-state index in [9.17, 15) is 9.59 Å². The second-order valence-electron chi connectivity index (χ2n) is 5.47. The number of esters is 1. The molecular weight excluding hydrogens is 328 g/mol. The Morgan fingerprint density at radius 1 is 1.21 bits per heavy atom. The van der Waals surface area contributed by atoms with Gasteiger partial charge in [-0.15, -0.1) is 0 Å². The van der Waals surface area contributed by atoms with Gasteiger partial charge < -0.3 is 15.8 Å².